The molecule has 7 heteroatoms. The van der Waals surface area contributed by atoms with Crippen molar-refractivity contribution in [3.8, 4) is 0 Å². The second-order valence-electron chi connectivity index (χ2n) is 7.83. The first-order chi connectivity index (χ1) is 14.0. The first-order valence-corrected chi connectivity index (χ1v) is 11.3. The molecule has 2 aromatic carbocycles. The van der Waals surface area contributed by atoms with Crippen LogP contribution in [0.2, 0.25) is 0 Å². The van der Waals surface area contributed by atoms with Crippen LogP contribution >= 0.6 is 7.60 Å². The predicted octanol–water partition coefficient (Wildman–Crippen LogP) is 4.87. The number of para-hydroxylation sites is 1. The van der Waals surface area contributed by atoms with Crippen molar-refractivity contribution in [1.29, 1.82) is 0 Å². The molecule has 0 aliphatic heterocycles. The van der Waals surface area contributed by atoms with E-state index in [1.807, 2.05) is 62.4 Å². The Balaban J connectivity index is 2.43. The first kappa shape index (κ1) is 24.0. The van der Waals surface area contributed by atoms with Crippen molar-refractivity contribution in [2.45, 2.75) is 45.4 Å². The number of carbonyl (C=O) groups is 1. The summed E-state index contributed by atoms with van der Waals surface area (Å²) in [5.74, 6) is -0.326. The van der Waals surface area contributed by atoms with Crippen molar-refractivity contribution in [2.24, 2.45) is 0 Å². The van der Waals surface area contributed by atoms with Crippen LogP contribution in [-0.2, 0) is 20.3 Å². The van der Waals surface area contributed by atoms with E-state index in [0.29, 0.717) is 12.0 Å². The highest BCUT2D eigenvalue weighted by Gasteiger charge is 2.43. The van der Waals surface area contributed by atoms with Gasteiger partial charge in [0.2, 0.25) is 5.91 Å². The highest BCUT2D eigenvalue weighted by molar-refractivity contribution is 7.54. The molecule has 162 valence electrons. The van der Waals surface area contributed by atoms with Crippen molar-refractivity contribution in [2.75, 3.05) is 12.4 Å². The van der Waals surface area contributed by atoms with Gasteiger partial charge in [-0.15, -0.1) is 6.58 Å². The number of hydrogen-bond donors (Lipinski definition) is 3. The van der Waals surface area contributed by atoms with Crippen LogP contribution in [0.4, 0.5) is 5.69 Å². The van der Waals surface area contributed by atoms with E-state index in [1.54, 1.807) is 13.8 Å². The maximum atomic E-state index is 13.3. The summed E-state index contributed by atoms with van der Waals surface area (Å²) in [6.07, 6.45) is 2.52. The van der Waals surface area contributed by atoms with Gasteiger partial charge in [0.15, 0.2) is 0 Å². The molecule has 0 saturated heterocycles. The molecule has 2 rings (SSSR count). The molecular formula is C23H31N2O4P. The van der Waals surface area contributed by atoms with Crippen molar-refractivity contribution in [1.82, 2.24) is 5.32 Å². The van der Waals surface area contributed by atoms with Crippen LogP contribution in [-0.4, -0.2) is 23.2 Å². The number of anilines is 1. The van der Waals surface area contributed by atoms with Gasteiger partial charge in [-0.05, 0) is 56.4 Å². The van der Waals surface area contributed by atoms with Crippen LogP contribution in [0.25, 0.3) is 0 Å². The Morgan fingerprint density at radius 2 is 1.77 bits per heavy atom. The van der Waals surface area contributed by atoms with Gasteiger partial charge >= 0.3 is 7.60 Å². The number of carbonyl (C=O) groups excluding carboxylic acids is 1. The Morgan fingerprint density at radius 1 is 1.20 bits per heavy atom. The van der Waals surface area contributed by atoms with Crippen LogP contribution in [0.15, 0.2) is 55.1 Å². The minimum atomic E-state index is -4.02. The molecule has 0 aromatic heterocycles. The van der Waals surface area contributed by atoms with Crippen molar-refractivity contribution >= 4 is 19.2 Å². The minimum absolute atomic E-state index is 0.326. The Morgan fingerprint density at radius 3 is 2.27 bits per heavy atom. The molecule has 2 unspecified atom stereocenters. The molecule has 2 aromatic rings. The molecule has 0 bridgehead atoms. The quantitative estimate of drug-likeness (QED) is 0.390. The summed E-state index contributed by atoms with van der Waals surface area (Å²) in [5, 5.41) is 4.66. The van der Waals surface area contributed by atoms with E-state index in [4.69, 9.17) is 4.52 Å². The molecule has 6 nitrogen and oxygen atoms in total. The number of aryl methyl sites for hydroxylation is 2. The molecular weight excluding hydrogens is 399 g/mol. The van der Waals surface area contributed by atoms with Crippen LogP contribution in [0.5, 0.6) is 0 Å². The smallest absolute Gasteiger partial charge is 0.324 e. The molecule has 1 amide bonds. The third kappa shape index (κ3) is 5.46. The van der Waals surface area contributed by atoms with Crippen molar-refractivity contribution in [3.05, 3.63) is 77.4 Å². The van der Waals surface area contributed by atoms with Crippen LogP contribution < -0.4 is 10.6 Å². The van der Waals surface area contributed by atoms with Crippen molar-refractivity contribution < 1.29 is 18.8 Å². The Hall–Kier alpha value is -2.24. The Bertz CT molecular complexity index is 934. The van der Waals surface area contributed by atoms with E-state index in [9.17, 15) is 14.3 Å². The Labute approximate surface area is 178 Å². The van der Waals surface area contributed by atoms with Crippen LogP contribution in [0.3, 0.4) is 0 Å². The van der Waals surface area contributed by atoms with E-state index >= 15 is 0 Å². The number of amides is 1. The summed E-state index contributed by atoms with van der Waals surface area (Å²) in [7, 11) is -2.84. The van der Waals surface area contributed by atoms with Gasteiger partial charge in [0.25, 0.3) is 0 Å². The second-order valence-corrected chi connectivity index (χ2v) is 10.4. The van der Waals surface area contributed by atoms with Gasteiger partial charge in [0.1, 0.15) is 11.3 Å². The topological polar surface area (TPSA) is 87.7 Å². The maximum Gasteiger partial charge on any atom is 0.347 e. The number of rotatable bonds is 9. The van der Waals surface area contributed by atoms with E-state index in [2.05, 4.69) is 17.2 Å². The number of hydrogen-bond acceptors (Lipinski definition) is 4. The predicted molar refractivity (Wildman–Crippen MR) is 122 cm³/mol. The maximum absolute atomic E-state index is 13.3. The van der Waals surface area contributed by atoms with Gasteiger partial charge < -0.3 is 14.7 Å². The second kappa shape index (κ2) is 9.71. The zero-order valence-electron chi connectivity index (χ0n) is 18.2. The highest BCUT2D eigenvalue weighted by atomic mass is 31.2. The van der Waals surface area contributed by atoms with E-state index in [0.717, 1.165) is 22.4 Å². The largest absolute Gasteiger partial charge is 0.347 e. The van der Waals surface area contributed by atoms with Gasteiger partial charge in [-0.1, -0.05) is 48.5 Å². The molecule has 0 aliphatic carbocycles. The zero-order chi connectivity index (χ0) is 22.5. The number of allylic oxidation sites excluding steroid dienone is 1. The lowest BCUT2D eigenvalue weighted by Gasteiger charge is -2.33. The lowest BCUT2D eigenvalue weighted by Crippen LogP contribution is -2.46. The molecule has 0 fully saturated rings. The highest BCUT2D eigenvalue weighted by Crippen LogP contribution is 2.53. The summed E-state index contributed by atoms with van der Waals surface area (Å²) in [4.78, 5) is 23.6. The average molecular weight is 430 g/mol. The van der Waals surface area contributed by atoms with Crippen LogP contribution in [0, 0.1) is 13.8 Å². The van der Waals surface area contributed by atoms with Crippen molar-refractivity contribution in [3.63, 3.8) is 0 Å². The molecule has 30 heavy (non-hydrogen) atoms. The molecule has 3 N–H and O–H groups in total. The van der Waals surface area contributed by atoms with Gasteiger partial charge in [0.05, 0.1) is 0 Å². The molecule has 0 spiro atoms. The van der Waals surface area contributed by atoms with Crippen LogP contribution in [0.1, 0.15) is 42.1 Å². The third-order valence-electron chi connectivity index (χ3n) is 5.14. The summed E-state index contributed by atoms with van der Waals surface area (Å²) in [5.41, 5.74) is 4.34. The fraction of sp³-hybridized carbons (Fsp3) is 0.348. The summed E-state index contributed by atoms with van der Waals surface area (Å²) < 4.78 is 17.4. The number of benzene rings is 2. The molecule has 0 aliphatic rings. The average Bonchev–Trinajstić information content (AvgIpc) is 2.69. The van der Waals surface area contributed by atoms with Gasteiger partial charge in [-0.25, -0.2) is 0 Å². The SMILES string of the molecule is C=CCc1ccc(C(NC(C)(C)P(=O)(O)OC)C(=O)Nc2c(C)cccc2C)cc1. The fourth-order valence-corrected chi connectivity index (χ4v) is 3.93. The van der Waals surface area contributed by atoms with E-state index in [-0.39, 0.29) is 5.91 Å². The molecule has 2 atom stereocenters. The Kier molecular flexibility index (Phi) is 7.78. The number of nitrogens with one attached hydrogen (secondary N) is 2. The minimum Gasteiger partial charge on any atom is -0.324 e. The molecule has 0 radical (unpaired) electrons. The standard InChI is InChI=1S/C23H31N2O4P/c1-7-9-18-12-14-19(15-13-18)21(25-23(4,5)30(27,28)29-6)22(26)24-20-16(2)10-8-11-17(20)3/h7-8,10-15,21,25H,1,9H2,2-6H3,(H,24,26)(H,27,28). The van der Waals surface area contributed by atoms with E-state index < -0.39 is 18.9 Å². The third-order valence-corrected chi connectivity index (χ3v) is 7.17. The lowest BCUT2D eigenvalue weighted by atomic mass is 10.0. The lowest BCUT2D eigenvalue weighted by molar-refractivity contribution is -0.118. The summed E-state index contributed by atoms with van der Waals surface area (Å²) in [6, 6.07) is 12.4. The zero-order valence-corrected chi connectivity index (χ0v) is 19.1. The first-order valence-electron chi connectivity index (χ1n) is 9.75. The fourth-order valence-electron chi connectivity index (χ4n) is 3.18. The van der Waals surface area contributed by atoms with E-state index in [1.165, 1.54) is 7.11 Å². The van der Waals surface area contributed by atoms with Gasteiger partial charge in [-0.2, -0.15) is 0 Å². The summed E-state index contributed by atoms with van der Waals surface area (Å²) in [6.45, 7) is 10.7. The monoisotopic (exact) mass is 430 g/mol. The normalized spacial score (nSPS) is 14.6. The van der Waals surface area contributed by atoms with Gasteiger partial charge in [-0.3, -0.25) is 14.7 Å². The molecule has 0 heterocycles. The van der Waals surface area contributed by atoms with Gasteiger partial charge in [0, 0.05) is 12.8 Å². The summed E-state index contributed by atoms with van der Waals surface area (Å²) >= 11 is 0. The molecule has 0 saturated carbocycles.